The molecule has 1 N–H and O–H groups in total. The molecule has 134 valence electrons. The second-order valence-corrected chi connectivity index (χ2v) is 9.03. The van der Waals surface area contributed by atoms with Crippen LogP contribution >= 0.6 is 23.2 Å². The topological polar surface area (TPSA) is 97.7 Å². The molecule has 0 aliphatic rings. The van der Waals surface area contributed by atoms with Crippen molar-refractivity contribution in [2.75, 3.05) is 5.75 Å². The number of hydrogen-bond donors (Lipinski definition) is 1. The Morgan fingerprint density at radius 1 is 1.21 bits per heavy atom. The van der Waals surface area contributed by atoms with Crippen molar-refractivity contribution in [2.24, 2.45) is 5.92 Å². The molecule has 24 heavy (non-hydrogen) atoms. The van der Waals surface area contributed by atoms with E-state index in [9.17, 15) is 18.0 Å². The third-order valence-corrected chi connectivity index (χ3v) is 5.38. The lowest BCUT2D eigenvalue weighted by atomic mass is 10.1. The molecular weight excluding hydrogens is 379 g/mol. The molecule has 0 saturated carbocycles. The van der Waals surface area contributed by atoms with Crippen LogP contribution in [0.1, 0.15) is 27.2 Å². The summed E-state index contributed by atoms with van der Waals surface area (Å²) in [4.78, 5) is 22.9. The van der Waals surface area contributed by atoms with E-state index in [1.807, 2.05) is 0 Å². The smallest absolute Gasteiger partial charge is 0.311 e. The van der Waals surface area contributed by atoms with Gasteiger partial charge in [-0.2, -0.15) is 0 Å². The molecule has 0 aliphatic heterocycles. The van der Waals surface area contributed by atoms with Crippen LogP contribution in [-0.4, -0.2) is 36.8 Å². The van der Waals surface area contributed by atoms with Gasteiger partial charge < -0.3 is 9.84 Å². The number of hydrogen-bond acceptors (Lipinski definition) is 5. The Hall–Kier alpha value is -1.31. The van der Waals surface area contributed by atoms with Crippen molar-refractivity contribution in [1.82, 2.24) is 0 Å². The van der Waals surface area contributed by atoms with Crippen LogP contribution in [0.5, 0.6) is 0 Å². The molecule has 0 amide bonds. The van der Waals surface area contributed by atoms with E-state index in [-0.39, 0.29) is 14.9 Å². The number of rotatable bonds is 6. The summed E-state index contributed by atoms with van der Waals surface area (Å²) in [6.07, 6.45) is -0.657. The van der Waals surface area contributed by atoms with Gasteiger partial charge in [-0.1, -0.05) is 23.2 Å². The van der Waals surface area contributed by atoms with Crippen LogP contribution in [0.3, 0.4) is 0 Å². The summed E-state index contributed by atoms with van der Waals surface area (Å²) < 4.78 is 30.0. The Morgan fingerprint density at radius 2 is 1.79 bits per heavy atom. The monoisotopic (exact) mass is 396 g/mol. The highest BCUT2D eigenvalue weighted by Crippen LogP contribution is 2.27. The SMILES string of the molecule is CC(C)(C)OC(=O)[C@H](CC(=O)O)CS(=O)(=O)c1ccc(Cl)c(Cl)c1. The largest absolute Gasteiger partial charge is 0.481 e. The van der Waals surface area contributed by atoms with E-state index in [4.69, 9.17) is 33.0 Å². The van der Waals surface area contributed by atoms with Crippen LogP contribution in [-0.2, 0) is 24.2 Å². The van der Waals surface area contributed by atoms with Crippen LogP contribution in [0.25, 0.3) is 0 Å². The van der Waals surface area contributed by atoms with Crippen molar-refractivity contribution >= 4 is 45.0 Å². The van der Waals surface area contributed by atoms with Gasteiger partial charge in [0, 0.05) is 0 Å². The molecular formula is C15H18Cl2O6S. The van der Waals surface area contributed by atoms with Crippen LogP contribution in [0.2, 0.25) is 10.0 Å². The maximum atomic E-state index is 12.5. The van der Waals surface area contributed by atoms with E-state index < -0.39 is 45.5 Å². The minimum atomic E-state index is -3.95. The third kappa shape index (κ3) is 6.30. The summed E-state index contributed by atoms with van der Waals surface area (Å²) in [5.74, 6) is -4.21. The molecule has 0 unspecified atom stereocenters. The first-order valence-corrected chi connectivity index (χ1v) is 9.35. The van der Waals surface area contributed by atoms with Gasteiger partial charge in [-0.3, -0.25) is 9.59 Å². The van der Waals surface area contributed by atoms with Gasteiger partial charge in [0.1, 0.15) is 5.60 Å². The number of benzene rings is 1. The molecule has 0 radical (unpaired) electrons. The number of halogens is 2. The lowest BCUT2D eigenvalue weighted by Crippen LogP contribution is -2.33. The van der Waals surface area contributed by atoms with Crippen molar-refractivity contribution in [3.63, 3.8) is 0 Å². The van der Waals surface area contributed by atoms with Crippen molar-refractivity contribution in [1.29, 1.82) is 0 Å². The van der Waals surface area contributed by atoms with Gasteiger partial charge in [-0.15, -0.1) is 0 Å². The van der Waals surface area contributed by atoms with Gasteiger partial charge in [-0.05, 0) is 39.0 Å². The maximum Gasteiger partial charge on any atom is 0.311 e. The lowest BCUT2D eigenvalue weighted by molar-refractivity contribution is -0.161. The fourth-order valence-corrected chi connectivity index (χ4v) is 3.75. The van der Waals surface area contributed by atoms with Crippen molar-refractivity contribution in [3.8, 4) is 0 Å². The lowest BCUT2D eigenvalue weighted by Gasteiger charge is -2.23. The fraction of sp³-hybridized carbons (Fsp3) is 0.467. The number of carboxylic acids is 1. The Bertz CT molecular complexity index is 737. The predicted octanol–water partition coefficient (Wildman–Crippen LogP) is 3.20. The Labute approximate surface area is 150 Å². The first-order valence-electron chi connectivity index (χ1n) is 6.94. The highest BCUT2D eigenvalue weighted by Gasteiger charge is 2.32. The molecule has 1 rings (SSSR count). The quantitative estimate of drug-likeness (QED) is 0.741. The van der Waals surface area contributed by atoms with Crippen molar-refractivity contribution in [3.05, 3.63) is 28.2 Å². The molecule has 0 saturated heterocycles. The summed E-state index contributed by atoms with van der Waals surface area (Å²) in [5.41, 5.74) is -0.860. The minimum absolute atomic E-state index is 0.0461. The van der Waals surface area contributed by atoms with Gasteiger partial charge in [-0.25, -0.2) is 8.42 Å². The van der Waals surface area contributed by atoms with E-state index in [2.05, 4.69) is 0 Å². The van der Waals surface area contributed by atoms with Gasteiger partial charge in [0.15, 0.2) is 9.84 Å². The molecule has 0 heterocycles. The van der Waals surface area contributed by atoms with E-state index >= 15 is 0 Å². The molecule has 1 aromatic rings. The third-order valence-electron chi connectivity index (χ3n) is 2.83. The molecule has 0 fully saturated rings. The molecule has 0 bridgehead atoms. The van der Waals surface area contributed by atoms with Crippen molar-refractivity contribution < 1.29 is 27.9 Å². The Balaban J connectivity index is 3.09. The van der Waals surface area contributed by atoms with E-state index in [0.717, 1.165) is 6.07 Å². The normalized spacial score (nSPS) is 13.4. The van der Waals surface area contributed by atoms with E-state index in [1.165, 1.54) is 12.1 Å². The molecule has 0 aliphatic carbocycles. The predicted molar refractivity (Wildman–Crippen MR) is 90.1 cm³/mol. The highest BCUT2D eigenvalue weighted by molar-refractivity contribution is 7.91. The molecule has 1 atom stereocenters. The zero-order valence-corrected chi connectivity index (χ0v) is 15.7. The number of aliphatic carboxylic acids is 1. The van der Waals surface area contributed by atoms with Crippen LogP contribution in [0, 0.1) is 5.92 Å². The number of carboxylic acid groups (broad SMARTS) is 1. The zero-order chi connectivity index (χ0) is 18.7. The summed E-state index contributed by atoms with van der Waals surface area (Å²) in [6, 6.07) is 3.72. The Kier molecular flexibility index (Phi) is 6.67. The van der Waals surface area contributed by atoms with Crippen molar-refractivity contribution in [2.45, 2.75) is 37.7 Å². The standard InChI is InChI=1S/C15H18Cl2O6S/c1-15(2,3)23-14(20)9(6-13(18)19)8-24(21,22)10-4-5-11(16)12(17)7-10/h4-5,7,9H,6,8H2,1-3H3,(H,18,19)/t9-/m1/s1. The average molecular weight is 397 g/mol. The number of ether oxygens (including phenoxy) is 1. The first-order chi connectivity index (χ1) is 10.8. The summed E-state index contributed by atoms with van der Waals surface area (Å²) in [7, 11) is -3.95. The Morgan fingerprint density at radius 3 is 2.25 bits per heavy atom. The molecule has 0 aromatic heterocycles. The fourth-order valence-electron chi connectivity index (χ4n) is 1.84. The summed E-state index contributed by atoms with van der Waals surface area (Å²) in [5, 5.41) is 9.17. The number of esters is 1. The molecule has 0 spiro atoms. The van der Waals surface area contributed by atoms with E-state index in [1.54, 1.807) is 20.8 Å². The zero-order valence-electron chi connectivity index (χ0n) is 13.4. The van der Waals surface area contributed by atoms with Crippen LogP contribution in [0.4, 0.5) is 0 Å². The molecule has 9 heteroatoms. The maximum absolute atomic E-state index is 12.5. The minimum Gasteiger partial charge on any atom is -0.481 e. The number of sulfone groups is 1. The van der Waals surface area contributed by atoms with Gasteiger partial charge >= 0.3 is 11.9 Å². The average Bonchev–Trinajstić information content (AvgIpc) is 2.38. The molecule has 1 aromatic carbocycles. The highest BCUT2D eigenvalue weighted by atomic mass is 35.5. The van der Waals surface area contributed by atoms with Gasteiger partial charge in [0.2, 0.25) is 0 Å². The second-order valence-electron chi connectivity index (χ2n) is 6.19. The first kappa shape index (κ1) is 20.7. The van der Waals surface area contributed by atoms with Gasteiger partial charge in [0.05, 0.1) is 33.0 Å². The van der Waals surface area contributed by atoms with Gasteiger partial charge in [0.25, 0.3) is 0 Å². The van der Waals surface area contributed by atoms with Crippen LogP contribution < -0.4 is 0 Å². The summed E-state index contributed by atoms with van der Waals surface area (Å²) in [6.45, 7) is 4.82. The number of carbonyl (C=O) groups excluding carboxylic acids is 1. The van der Waals surface area contributed by atoms with E-state index in [0.29, 0.717) is 0 Å². The second kappa shape index (κ2) is 7.72. The summed E-state index contributed by atoms with van der Waals surface area (Å²) >= 11 is 11.6. The molecule has 6 nitrogen and oxygen atoms in total. The van der Waals surface area contributed by atoms with Crippen LogP contribution in [0.15, 0.2) is 23.1 Å². The number of carbonyl (C=O) groups is 2.